The molecule has 2 heterocycles. The maximum Gasteiger partial charge on any atom is 0.0865 e. The normalized spacial score (nSPS) is 19.5. The Bertz CT molecular complexity index is 516. The van der Waals surface area contributed by atoms with Gasteiger partial charge in [0.1, 0.15) is 0 Å². The fourth-order valence-electron chi connectivity index (χ4n) is 2.19. The summed E-state index contributed by atoms with van der Waals surface area (Å²) in [6.07, 6.45) is 1.00. The molecule has 0 fully saturated rings. The largest absolute Gasteiger partial charge is 0.291 e. The summed E-state index contributed by atoms with van der Waals surface area (Å²) in [6, 6.07) is 15.1. The number of rotatable bonds is 2. The molecule has 0 saturated carbocycles. The van der Waals surface area contributed by atoms with Gasteiger partial charge in [0, 0.05) is 18.3 Å². The molecule has 0 bridgehead atoms. The lowest BCUT2D eigenvalue weighted by Crippen LogP contribution is -2.12. The van der Waals surface area contributed by atoms with Gasteiger partial charge in [-0.1, -0.05) is 36.4 Å². The molecule has 0 amide bonds. The number of hydrogen-bond acceptors (Lipinski definition) is 3. The molecule has 1 aliphatic heterocycles. The van der Waals surface area contributed by atoms with Crippen molar-refractivity contribution in [1.82, 2.24) is 5.01 Å². The number of nitrogens with zero attached hydrogens (tertiary/aromatic N) is 2. The van der Waals surface area contributed by atoms with Crippen LogP contribution in [0, 0.1) is 0 Å². The Labute approximate surface area is 105 Å². The van der Waals surface area contributed by atoms with Crippen LogP contribution in [0.5, 0.6) is 0 Å². The van der Waals surface area contributed by atoms with Gasteiger partial charge in [-0.25, -0.2) is 0 Å². The predicted octanol–water partition coefficient (Wildman–Crippen LogP) is 3.53. The lowest BCUT2D eigenvalue weighted by Gasteiger charge is -2.16. The van der Waals surface area contributed by atoms with E-state index in [-0.39, 0.29) is 0 Å². The third kappa shape index (κ3) is 1.98. The minimum absolute atomic E-state index is 0.408. The van der Waals surface area contributed by atoms with Gasteiger partial charge in [0.15, 0.2) is 0 Å². The SMILES string of the molecule is CN1N=C(c2ccccc2)C[C@H]1c1cccs1. The van der Waals surface area contributed by atoms with Crippen molar-refractivity contribution in [2.24, 2.45) is 5.10 Å². The summed E-state index contributed by atoms with van der Waals surface area (Å²) >= 11 is 1.81. The second-order valence-electron chi connectivity index (χ2n) is 4.22. The first kappa shape index (κ1) is 10.5. The molecule has 3 heteroatoms. The molecule has 0 aliphatic carbocycles. The van der Waals surface area contributed by atoms with E-state index in [1.54, 1.807) is 11.3 Å². The van der Waals surface area contributed by atoms with Crippen LogP contribution in [-0.4, -0.2) is 17.8 Å². The molecule has 86 valence electrons. The van der Waals surface area contributed by atoms with Gasteiger partial charge in [-0.05, 0) is 17.0 Å². The molecule has 2 aromatic rings. The zero-order chi connectivity index (χ0) is 11.7. The predicted molar refractivity (Wildman–Crippen MR) is 72.4 cm³/mol. The molecule has 3 rings (SSSR count). The van der Waals surface area contributed by atoms with Crippen LogP contribution in [0.1, 0.15) is 22.9 Å². The van der Waals surface area contributed by atoms with E-state index >= 15 is 0 Å². The molecule has 17 heavy (non-hydrogen) atoms. The number of benzene rings is 1. The smallest absolute Gasteiger partial charge is 0.0865 e. The summed E-state index contributed by atoms with van der Waals surface area (Å²) in [4.78, 5) is 1.39. The molecule has 1 atom stereocenters. The van der Waals surface area contributed by atoms with Gasteiger partial charge in [-0.15, -0.1) is 11.3 Å². The molecule has 1 aromatic carbocycles. The Morgan fingerprint density at radius 3 is 2.71 bits per heavy atom. The van der Waals surface area contributed by atoms with Crippen LogP contribution in [-0.2, 0) is 0 Å². The van der Waals surface area contributed by atoms with E-state index in [0.717, 1.165) is 6.42 Å². The maximum absolute atomic E-state index is 4.65. The second kappa shape index (κ2) is 4.34. The molecule has 0 saturated heterocycles. The van der Waals surface area contributed by atoms with Gasteiger partial charge in [0.05, 0.1) is 11.8 Å². The van der Waals surface area contributed by atoms with E-state index in [1.807, 2.05) is 6.07 Å². The van der Waals surface area contributed by atoms with Crippen molar-refractivity contribution in [3.05, 3.63) is 58.3 Å². The minimum Gasteiger partial charge on any atom is -0.291 e. The highest BCUT2D eigenvalue weighted by Gasteiger charge is 2.26. The van der Waals surface area contributed by atoms with Crippen LogP contribution >= 0.6 is 11.3 Å². The number of hydrogen-bond donors (Lipinski definition) is 0. The van der Waals surface area contributed by atoms with Gasteiger partial charge in [-0.2, -0.15) is 5.10 Å². The third-order valence-corrected chi connectivity index (χ3v) is 4.07. The highest BCUT2D eigenvalue weighted by atomic mass is 32.1. The average molecular weight is 242 g/mol. The summed E-state index contributed by atoms with van der Waals surface area (Å²) in [6.45, 7) is 0. The molecule has 1 aromatic heterocycles. The Morgan fingerprint density at radius 1 is 1.18 bits per heavy atom. The first-order chi connectivity index (χ1) is 8.34. The van der Waals surface area contributed by atoms with Gasteiger partial charge in [-0.3, -0.25) is 5.01 Å². The maximum atomic E-state index is 4.65. The zero-order valence-corrected chi connectivity index (χ0v) is 10.5. The molecule has 2 nitrogen and oxygen atoms in total. The molecule has 1 aliphatic rings. The molecule has 0 spiro atoms. The highest BCUT2D eigenvalue weighted by molar-refractivity contribution is 7.10. The van der Waals surface area contributed by atoms with Crippen LogP contribution in [0.25, 0.3) is 0 Å². The molecular formula is C14H14N2S. The second-order valence-corrected chi connectivity index (χ2v) is 5.20. The van der Waals surface area contributed by atoms with Crippen molar-refractivity contribution in [2.45, 2.75) is 12.5 Å². The van der Waals surface area contributed by atoms with Crippen molar-refractivity contribution >= 4 is 17.0 Å². The van der Waals surface area contributed by atoms with E-state index in [4.69, 9.17) is 0 Å². The lowest BCUT2D eigenvalue weighted by molar-refractivity contribution is 0.294. The van der Waals surface area contributed by atoms with E-state index in [2.05, 4.69) is 58.9 Å². The van der Waals surface area contributed by atoms with E-state index in [0.29, 0.717) is 6.04 Å². The Balaban J connectivity index is 1.85. The van der Waals surface area contributed by atoms with Crippen LogP contribution in [0.2, 0.25) is 0 Å². The standard InChI is InChI=1S/C14H14N2S/c1-16-13(14-8-5-9-17-14)10-12(15-16)11-6-3-2-4-7-11/h2-9,13H,10H2,1H3/t13-/m0/s1. The summed E-state index contributed by atoms with van der Waals surface area (Å²) < 4.78 is 0. The fraction of sp³-hybridized carbons (Fsp3) is 0.214. The monoisotopic (exact) mass is 242 g/mol. The minimum atomic E-state index is 0.408. The summed E-state index contributed by atoms with van der Waals surface area (Å²) in [7, 11) is 2.06. The number of hydrazone groups is 1. The topological polar surface area (TPSA) is 15.6 Å². The molecule has 0 radical (unpaired) electrons. The molecular weight excluding hydrogens is 228 g/mol. The molecule has 0 unspecified atom stereocenters. The van der Waals surface area contributed by atoms with Crippen molar-refractivity contribution < 1.29 is 0 Å². The average Bonchev–Trinajstić information content (AvgIpc) is 2.99. The Morgan fingerprint density at radius 2 is 2.00 bits per heavy atom. The summed E-state index contributed by atoms with van der Waals surface area (Å²) in [5.74, 6) is 0. The van der Waals surface area contributed by atoms with E-state index in [9.17, 15) is 0 Å². The van der Waals surface area contributed by atoms with Crippen molar-refractivity contribution in [1.29, 1.82) is 0 Å². The first-order valence-electron chi connectivity index (χ1n) is 5.74. The zero-order valence-electron chi connectivity index (χ0n) is 9.71. The van der Waals surface area contributed by atoms with Crippen LogP contribution < -0.4 is 0 Å². The van der Waals surface area contributed by atoms with E-state index < -0.39 is 0 Å². The Hall–Kier alpha value is -1.61. The van der Waals surface area contributed by atoms with Crippen LogP contribution in [0.3, 0.4) is 0 Å². The first-order valence-corrected chi connectivity index (χ1v) is 6.62. The fourth-order valence-corrected chi connectivity index (χ4v) is 3.05. The van der Waals surface area contributed by atoms with Gasteiger partial charge in [0.25, 0.3) is 0 Å². The summed E-state index contributed by atoms with van der Waals surface area (Å²) in [5, 5.41) is 8.86. The van der Waals surface area contributed by atoms with Crippen LogP contribution in [0.15, 0.2) is 52.9 Å². The summed E-state index contributed by atoms with van der Waals surface area (Å²) in [5.41, 5.74) is 2.42. The van der Waals surface area contributed by atoms with E-state index in [1.165, 1.54) is 16.2 Å². The van der Waals surface area contributed by atoms with Gasteiger partial charge < -0.3 is 0 Å². The van der Waals surface area contributed by atoms with Gasteiger partial charge in [0.2, 0.25) is 0 Å². The van der Waals surface area contributed by atoms with Gasteiger partial charge >= 0.3 is 0 Å². The number of thiophene rings is 1. The highest BCUT2D eigenvalue weighted by Crippen LogP contribution is 2.33. The quantitative estimate of drug-likeness (QED) is 0.786. The van der Waals surface area contributed by atoms with Crippen molar-refractivity contribution in [3.8, 4) is 0 Å². The van der Waals surface area contributed by atoms with Crippen molar-refractivity contribution in [2.75, 3.05) is 7.05 Å². The lowest BCUT2D eigenvalue weighted by atomic mass is 10.0. The van der Waals surface area contributed by atoms with Crippen molar-refractivity contribution in [3.63, 3.8) is 0 Å². The third-order valence-electron chi connectivity index (χ3n) is 3.09. The van der Waals surface area contributed by atoms with Crippen LogP contribution in [0.4, 0.5) is 0 Å². The molecule has 0 N–H and O–H groups in total. The Kier molecular flexibility index (Phi) is 2.69.